The number of carbonyl (C=O) groups excluding carboxylic acids is 1. The molecule has 2 heterocycles. The monoisotopic (exact) mass is 937 g/mol. The number of unbranched alkanes of at least 4 members (excludes halogenated alkanes) is 18. The number of carbonyl (C=O) groups is 1. The van der Waals surface area contributed by atoms with Gasteiger partial charge in [-0.15, -0.1) is 0 Å². The van der Waals surface area contributed by atoms with Crippen LogP contribution < -0.4 is 15.1 Å². The SMILES string of the molecule is CCCCCCCCCCCCn1c(/C=N/N(c2ccccc2)c2ccccc2)ccc1C1=C([O-])/C(=C2/C=CC(/C=N/N(c3ccccc3)c3ccccc3)=[N+]2CCCCCCCCCCCC)C1=O. The minimum absolute atomic E-state index is 0.202. The van der Waals surface area contributed by atoms with Gasteiger partial charge >= 0.3 is 0 Å². The minimum Gasteiger partial charge on any atom is -0.871 e. The van der Waals surface area contributed by atoms with Crippen molar-refractivity contribution >= 4 is 52.2 Å². The van der Waals surface area contributed by atoms with Crippen LogP contribution in [0, 0.1) is 0 Å². The summed E-state index contributed by atoms with van der Waals surface area (Å²) in [5, 5.41) is 28.6. The van der Waals surface area contributed by atoms with Crippen LogP contribution in [0.3, 0.4) is 0 Å². The van der Waals surface area contributed by atoms with Crippen LogP contribution in [0.25, 0.3) is 5.57 Å². The minimum atomic E-state index is -0.202. The average molecular weight is 937 g/mol. The Morgan fingerprint density at radius 3 is 1.34 bits per heavy atom. The van der Waals surface area contributed by atoms with E-state index in [2.05, 4.69) is 23.0 Å². The summed E-state index contributed by atoms with van der Waals surface area (Å²) in [5.41, 5.74) is 7.31. The van der Waals surface area contributed by atoms with Crippen LogP contribution in [0.1, 0.15) is 154 Å². The lowest BCUT2D eigenvalue weighted by molar-refractivity contribution is -0.468. The van der Waals surface area contributed by atoms with Crippen molar-refractivity contribution in [2.45, 2.75) is 149 Å². The maximum Gasteiger partial charge on any atom is 0.226 e. The molecule has 1 aromatic heterocycles. The molecule has 0 radical (unpaired) electrons. The standard InChI is InChI=1S/C62H76N6O2/c1-3-5-7-9-11-13-15-17-19-33-47-65-55(49-63-67(51-35-25-21-26-36-51)52-37-27-22-28-38-52)43-45-57(65)59-61(69)60(62(59)70)58-46-44-56(66(58)48-34-20-18-16-14-12-10-8-6-4-2)50-64-68(53-39-29-23-30-40-53)54-41-31-24-32-42-54/h21-32,35-46,49-50H,3-20,33-34,47-48H2,1-2H3. The number of hydrogen-bond donors (Lipinski definition) is 0. The Balaban J connectivity index is 1.17. The number of para-hydroxylation sites is 4. The van der Waals surface area contributed by atoms with Crippen LogP contribution >= 0.6 is 0 Å². The van der Waals surface area contributed by atoms with E-state index in [0.29, 0.717) is 24.5 Å². The maximum atomic E-state index is 14.6. The summed E-state index contributed by atoms with van der Waals surface area (Å²) >= 11 is 0. The molecule has 0 saturated heterocycles. The van der Waals surface area contributed by atoms with Crippen LogP contribution in [0.2, 0.25) is 0 Å². The van der Waals surface area contributed by atoms with E-state index >= 15 is 0 Å². The van der Waals surface area contributed by atoms with Crippen molar-refractivity contribution in [3.05, 3.63) is 174 Å². The molecule has 8 nitrogen and oxygen atoms in total. The second kappa shape index (κ2) is 28.2. The zero-order valence-corrected chi connectivity index (χ0v) is 42.1. The van der Waals surface area contributed by atoms with E-state index in [1.165, 1.54) is 103 Å². The molecule has 0 atom stereocenters. The number of benzene rings is 4. The van der Waals surface area contributed by atoms with Crippen LogP contribution in [0.4, 0.5) is 22.7 Å². The Hall–Kier alpha value is -6.54. The van der Waals surface area contributed by atoms with E-state index in [-0.39, 0.29) is 22.7 Å². The van der Waals surface area contributed by atoms with Crippen molar-refractivity contribution in [2.75, 3.05) is 16.6 Å². The van der Waals surface area contributed by atoms with Crippen molar-refractivity contribution in [3.63, 3.8) is 0 Å². The summed E-state index contributed by atoms with van der Waals surface area (Å²) in [6, 6.07) is 44.4. The number of aromatic nitrogens is 1. The van der Waals surface area contributed by atoms with Gasteiger partial charge < -0.3 is 9.67 Å². The predicted octanol–water partition coefficient (Wildman–Crippen LogP) is 15.3. The van der Waals surface area contributed by atoms with Gasteiger partial charge in [0.2, 0.25) is 17.2 Å². The summed E-state index contributed by atoms with van der Waals surface area (Å²) in [4.78, 5) is 14.6. The molecule has 0 N–H and O–H groups in total. The molecule has 0 amide bonds. The average Bonchev–Trinajstić information content (AvgIpc) is 3.98. The summed E-state index contributed by atoms with van der Waals surface area (Å²) in [5.74, 6) is -0.403. The first kappa shape index (κ1) is 51.3. The van der Waals surface area contributed by atoms with Gasteiger partial charge in [0.25, 0.3) is 0 Å². The number of hydrogen-bond acceptors (Lipinski definition) is 6. The second-order valence-electron chi connectivity index (χ2n) is 18.8. The second-order valence-corrected chi connectivity index (χ2v) is 18.8. The number of hydrazone groups is 2. The highest BCUT2D eigenvalue weighted by molar-refractivity contribution is 6.39. The quantitative estimate of drug-likeness (QED) is 0.0146. The van der Waals surface area contributed by atoms with Gasteiger partial charge in [-0.2, -0.15) is 14.8 Å². The molecule has 366 valence electrons. The first-order valence-corrected chi connectivity index (χ1v) is 26.7. The number of allylic oxidation sites excluding steroid dienone is 4. The fourth-order valence-electron chi connectivity index (χ4n) is 9.58. The van der Waals surface area contributed by atoms with Gasteiger partial charge in [-0.05, 0) is 73.5 Å². The molecule has 0 saturated carbocycles. The van der Waals surface area contributed by atoms with E-state index in [9.17, 15) is 9.90 Å². The molecule has 7 rings (SSSR count). The van der Waals surface area contributed by atoms with Crippen molar-refractivity contribution in [1.82, 2.24) is 4.57 Å². The molecule has 1 aliphatic carbocycles. The molecule has 8 heteroatoms. The van der Waals surface area contributed by atoms with E-state index < -0.39 is 0 Å². The lowest BCUT2D eigenvalue weighted by Gasteiger charge is -2.31. The van der Waals surface area contributed by atoms with E-state index in [4.69, 9.17) is 10.2 Å². The zero-order valence-electron chi connectivity index (χ0n) is 42.1. The fraction of sp³-hybridized carbons (Fsp3) is 0.387. The van der Waals surface area contributed by atoms with E-state index in [1.807, 2.05) is 168 Å². The molecule has 0 bridgehead atoms. The summed E-state index contributed by atoms with van der Waals surface area (Å²) in [6.07, 6.45) is 32.2. The largest absolute Gasteiger partial charge is 0.871 e. The van der Waals surface area contributed by atoms with Crippen LogP contribution in [0.15, 0.2) is 173 Å². The molecule has 2 aliphatic rings. The lowest BCUT2D eigenvalue weighted by atomic mass is 9.84. The number of ketones is 1. The first-order chi connectivity index (χ1) is 34.6. The van der Waals surface area contributed by atoms with Crippen LogP contribution in [-0.4, -0.2) is 39.6 Å². The predicted molar refractivity (Wildman–Crippen MR) is 292 cm³/mol. The van der Waals surface area contributed by atoms with E-state index in [0.717, 1.165) is 59.8 Å². The van der Waals surface area contributed by atoms with Gasteiger partial charge in [-0.25, -0.2) is 10.0 Å². The van der Waals surface area contributed by atoms with Crippen molar-refractivity contribution < 1.29 is 14.5 Å². The molecule has 70 heavy (non-hydrogen) atoms. The lowest BCUT2D eigenvalue weighted by Crippen LogP contribution is -2.33. The number of Topliss-reactive ketones (excluding diaryl/α,β-unsaturated/α-hetero) is 1. The van der Waals surface area contributed by atoms with Crippen LogP contribution in [0.5, 0.6) is 0 Å². The Morgan fingerprint density at radius 2 is 0.900 bits per heavy atom. The number of rotatable bonds is 31. The maximum absolute atomic E-state index is 14.6. The third kappa shape index (κ3) is 14.3. The summed E-state index contributed by atoms with van der Waals surface area (Å²) in [6.45, 7) is 5.90. The number of nitrogens with zero attached hydrogens (tertiary/aromatic N) is 6. The Kier molecular flexibility index (Phi) is 20.7. The molecular weight excluding hydrogens is 861 g/mol. The number of anilines is 4. The van der Waals surface area contributed by atoms with Gasteiger partial charge in [0.05, 0.1) is 45.9 Å². The normalized spacial score (nSPS) is 14.7. The molecule has 0 spiro atoms. The van der Waals surface area contributed by atoms with Crippen molar-refractivity contribution in [2.24, 2.45) is 10.2 Å². The summed E-state index contributed by atoms with van der Waals surface area (Å²) < 4.78 is 4.29. The highest BCUT2D eigenvalue weighted by atomic mass is 16.3. The first-order valence-electron chi connectivity index (χ1n) is 26.7. The third-order valence-corrected chi connectivity index (χ3v) is 13.5. The van der Waals surface area contributed by atoms with Crippen LogP contribution in [-0.2, 0) is 11.3 Å². The fourth-order valence-corrected chi connectivity index (χ4v) is 9.58. The highest BCUT2D eigenvalue weighted by Gasteiger charge is 2.38. The van der Waals surface area contributed by atoms with Gasteiger partial charge in [-0.3, -0.25) is 4.79 Å². The summed E-state index contributed by atoms with van der Waals surface area (Å²) in [7, 11) is 0. The van der Waals surface area contributed by atoms with Gasteiger partial charge in [-0.1, -0.05) is 202 Å². The van der Waals surface area contributed by atoms with Crippen molar-refractivity contribution in [1.29, 1.82) is 0 Å². The Labute approximate surface area is 419 Å². The Morgan fingerprint density at radius 1 is 0.486 bits per heavy atom. The molecular formula is C62H76N6O2. The van der Waals surface area contributed by atoms with Crippen molar-refractivity contribution in [3.8, 4) is 0 Å². The topological polar surface area (TPSA) is 79.3 Å². The Bertz CT molecular complexity index is 2470. The smallest absolute Gasteiger partial charge is 0.226 e. The van der Waals surface area contributed by atoms with Gasteiger partial charge in [0, 0.05) is 30.7 Å². The molecule has 0 unspecified atom stereocenters. The molecule has 4 aromatic carbocycles. The molecule has 0 fully saturated rings. The molecule has 5 aromatic rings. The van der Waals surface area contributed by atoms with Gasteiger partial charge in [0.15, 0.2) is 0 Å². The third-order valence-electron chi connectivity index (χ3n) is 13.5. The van der Waals surface area contributed by atoms with Gasteiger partial charge in [0.1, 0.15) is 12.8 Å². The molecule has 1 aliphatic heterocycles. The van der Waals surface area contributed by atoms with E-state index in [1.54, 1.807) is 0 Å². The zero-order chi connectivity index (χ0) is 48.6. The highest BCUT2D eigenvalue weighted by Crippen LogP contribution is 2.39.